The SMILES string of the molecule is Cc1cc(C(F)F)nc(CN)c1Br. The molecule has 1 rings (SSSR count). The minimum absolute atomic E-state index is 0.155. The van der Waals surface area contributed by atoms with E-state index in [-0.39, 0.29) is 12.2 Å². The number of rotatable bonds is 2. The molecular weight excluding hydrogens is 242 g/mol. The maximum absolute atomic E-state index is 12.3. The van der Waals surface area contributed by atoms with Crippen LogP contribution in [-0.2, 0) is 6.54 Å². The van der Waals surface area contributed by atoms with E-state index in [1.807, 2.05) is 0 Å². The Morgan fingerprint density at radius 1 is 1.62 bits per heavy atom. The zero-order valence-electron chi connectivity index (χ0n) is 7.02. The van der Waals surface area contributed by atoms with Crippen LogP contribution in [0, 0.1) is 6.92 Å². The largest absolute Gasteiger partial charge is 0.325 e. The number of aromatic nitrogens is 1. The van der Waals surface area contributed by atoms with Gasteiger partial charge in [-0.1, -0.05) is 0 Å². The third kappa shape index (κ3) is 2.22. The van der Waals surface area contributed by atoms with E-state index in [1.54, 1.807) is 6.92 Å². The Morgan fingerprint density at radius 2 is 2.23 bits per heavy atom. The van der Waals surface area contributed by atoms with Crippen molar-refractivity contribution in [3.05, 3.63) is 27.5 Å². The van der Waals surface area contributed by atoms with E-state index >= 15 is 0 Å². The van der Waals surface area contributed by atoms with E-state index in [0.717, 1.165) is 5.56 Å². The number of nitrogens with two attached hydrogens (primary N) is 1. The highest BCUT2D eigenvalue weighted by Crippen LogP contribution is 2.25. The Labute approximate surface area is 83.3 Å². The second-order valence-electron chi connectivity index (χ2n) is 2.63. The highest BCUT2D eigenvalue weighted by Gasteiger charge is 2.13. The van der Waals surface area contributed by atoms with Crippen molar-refractivity contribution in [2.24, 2.45) is 5.73 Å². The first-order chi connectivity index (χ1) is 6.06. The lowest BCUT2D eigenvalue weighted by molar-refractivity contribution is 0.145. The lowest BCUT2D eigenvalue weighted by atomic mass is 10.2. The molecule has 0 bridgehead atoms. The van der Waals surface area contributed by atoms with Crippen molar-refractivity contribution in [1.82, 2.24) is 4.98 Å². The molecule has 0 unspecified atom stereocenters. The molecule has 2 nitrogen and oxygen atoms in total. The fraction of sp³-hybridized carbons (Fsp3) is 0.375. The Kier molecular flexibility index (Phi) is 3.33. The van der Waals surface area contributed by atoms with Crippen LogP contribution in [0.3, 0.4) is 0 Å². The first-order valence-electron chi connectivity index (χ1n) is 3.70. The fourth-order valence-corrected chi connectivity index (χ4v) is 1.36. The number of alkyl halides is 2. The van der Waals surface area contributed by atoms with Crippen molar-refractivity contribution < 1.29 is 8.78 Å². The summed E-state index contributed by atoms with van der Waals surface area (Å²) in [5, 5.41) is 0. The first kappa shape index (κ1) is 10.5. The first-order valence-corrected chi connectivity index (χ1v) is 4.49. The van der Waals surface area contributed by atoms with Gasteiger partial charge in [0.2, 0.25) is 0 Å². The second kappa shape index (κ2) is 4.11. The van der Waals surface area contributed by atoms with Crippen molar-refractivity contribution in [2.75, 3.05) is 0 Å². The molecule has 0 atom stereocenters. The summed E-state index contributed by atoms with van der Waals surface area (Å²) in [5.74, 6) is 0. The second-order valence-corrected chi connectivity index (χ2v) is 3.42. The van der Waals surface area contributed by atoms with Crippen molar-refractivity contribution >= 4 is 15.9 Å². The van der Waals surface area contributed by atoms with Crippen molar-refractivity contribution in [2.45, 2.75) is 19.9 Å². The standard InChI is InChI=1S/C8H9BrF2N2/c1-4-2-5(8(10)11)13-6(3-12)7(4)9/h2,8H,3,12H2,1H3. The Morgan fingerprint density at radius 3 is 2.69 bits per heavy atom. The quantitative estimate of drug-likeness (QED) is 0.877. The van der Waals surface area contributed by atoms with Gasteiger partial charge in [-0.25, -0.2) is 13.8 Å². The van der Waals surface area contributed by atoms with Crippen molar-refractivity contribution in [3.8, 4) is 0 Å². The van der Waals surface area contributed by atoms with E-state index in [9.17, 15) is 8.78 Å². The monoisotopic (exact) mass is 250 g/mol. The Balaban J connectivity index is 3.22. The van der Waals surface area contributed by atoms with Gasteiger partial charge in [-0.05, 0) is 34.5 Å². The molecule has 1 aromatic rings. The van der Waals surface area contributed by atoms with Gasteiger partial charge in [0.1, 0.15) is 5.69 Å². The highest BCUT2D eigenvalue weighted by atomic mass is 79.9. The maximum atomic E-state index is 12.3. The van der Waals surface area contributed by atoms with Gasteiger partial charge in [0.05, 0.1) is 5.69 Å². The number of aryl methyl sites for hydroxylation is 1. The van der Waals surface area contributed by atoms with Gasteiger partial charge >= 0.3 is 0 Å². The molecule has 0 aromatic carbocycles. The average molecular weight is 251 g/mol. The van der Waals surface area contributed by atoms with Crippen LogP contribution in [0.5, 0.6) is 0 Å². The lowest BCUT2D eigenvalue weighted by Gasteiger charge is -2.07. The molecule has 1 heterocycles. The van der Waals surface area contributed by atoms with E-state index in [4.69, 9.17) is 5.73 Å². The minimum Gasteiger partial charge on any atom is -0.325 e. The van der Waals surface area contributed by atoms with Crippen LogP contribution in [0.15, 0.2) is 10.5 Å². The number of hydrogen-bond donors (Lipinski definition) is 1. The number of halogens is 3. The van der Waals surface area contributed by atoms with E-state index in [2.05, 4.69) is 20.9 Å². The molecule has 0 saturated carbocycles. The molecule has 0 aliphatic heterocycles. The summed E-state index contributed by atoms with van der Waals surface area (Å²) in [6, 6.07) is 1.36. The van der Waals surface area contributed by atoms with Crippen molar-refractivity contribution in [3.63, 3.8) is 0 Å². The third-order valence-electron chi connectivity index (χ3n) is 1.64. The molecule has 5 heteroatoms. The third-order valence-corrected chi connectivity index (χ3v) is 2.73. The van der Waals surface area contributed by atoms with Crippen LogP contribution >= 0.6 is 15.9 Å². The predicted molar refractivity (Wildman–Crippen MR) is 49.5 cm³/mol. The minimum atomic E-state index is -2.54. The molecule has 0 saturated heterocycles. The van der Waals surface area contributed by atoms with Crippen molar-refractivity contribution in [1.29, 1.82) is 0 Å². The number of hydrogen-bond acceptors (Lipinski definition) is 2. The molecule has 0 aliphatic rings. The Hall–Kier alpha value is -0.550. The average Bonchev–Trinajstić information content (AvgIpc) is 2.09. The van der Waals surface area contributed by atoms with Crippen LogP contribution < -0.4 is 5.73 Å². The molecule has 2 N–H and O–H groups in total. The normalized spacial score (nSPS) is 10.9. The van der Waals surface area contributed by atoms with Gasteiger partial charge < -0.3 is 5.73 Å². The summed E-state index contributed by atoms with van der Waals surface area (Å²) in [7, 11) is 0. The molecular formula is C8H9BrF2N2. The molecule has 0 aliphatic carbocycles. The van der Waals surface area contributed by atoms with Crippen LogP contribution in [0.4, 0.5) is 8.78 Å². The van der Waals surface area contributed by atoms with E-state index < -0.39 is 6.43 Å². The maximum Gasteiger partial charge on any atom is 0.280 e. The number of pyridine rings is 1. The summed E-state index contributed by atoms with van der Waals surface area (Å²) in [6.07, 6.45) is -2.54. The molecule has 0 spiro atoms. The molecule has 13 heavy (non-hydrogen) atoms. The van der Waals surface area contributed by atoms with Crippen LogP contribution in [0.1, 0.15) is 23.4 Å². The van der Waals surface area contributed by atoms with Gasteiger partial charge in [0.25, 0.3) is 6.43 Å². The molecule has 0 radical (unpaired) electrons. The van der Waals surface area contributed by atoms with Gasteiger partial charge in [-0.3, -0.25) is 0 Å². The number of nitrogens with zero attached hydrogens (tertiary/aromatic N) is 1. The van der Waals surface area contributed by atoms with Gasteiger partial charge in [0, 0.05) is 11.0 Å². The smallest absolute Gasteiger partial charge is 0.280 e. The molecule has 72 valence electrons. The zero-order chi connectivity index (χ0) is 10.0. The zero-order valence-corrected chi connectivity index (χ0v) is 8.61. The summed E-state index contributed by atoms with van der Waals surface area (Å²) >= 11 is 3.24. The lowest BCUT2D eigenvalue weighted by Crippen LogP contribution is -2.05. The molecule has 0 amide bonds. The predicted octanol–water partition coefficient (Wildman–Crippen LogP) is 2.55. The summed E-state index contributed by atoms with van der Waals surface area (Å²) < 4.78 is 25.3. The summed E-state index contributed by atoms with van der Waals surface area (Å²) in [6.45, 7) is 1.89. The van der Waals surface area contributed by atoms with Gasteiger partial charge in [-0.15, -0.1) is 0 Å². The Bertz CT molecular complexity index is 315. The van der Waals surface area contributed by atoms with Crippen LogP contribution in [-0.4, -0.2) is 4.98 Å². The highest BCUT2D eigenvalue weighted by molar-refractivity contribution is 9.10. The van der Waals surface area contributed by atoms with E-state index in [0.29, 0.717) is 10.2 Å². The van der Waals surface area contributed by atoms with Gasteiger partial charge in [-0.2, -0.15) is 0 Å². The summed E-state index contributed by atoms with van der Waals surface area (Å²) in [4.78, 5) is 3.73. The molecule has 1 aromatic heterocycles. The fourth-order valence-electron chi connectivity index (χ4n) is 0.997. The topological polar surface area (TPSA) is 38.9 Å². The van der Waals surface area contributed by atoms with Crippen LogP contribution in [0.25, 0.3) is 0 Å². The molecule has 0 fully saturated rings. The van der Waals surface area contributed by atoms with E-state index in [1.165, 1.54) is 6.07 Å². The summed E-state index contributed by atoms with van der Waals surface area (Å²) in [5.41, 5.74) is 6.33. The van der Waals surface area contributed by atoms with Crippen LogP contribution in [0.2, 0.25) is 0 Å². The van der Waals surface area contributed by atoms with Gasteiger partial charge in [0.15, 0.2) is 0 Å².